The molecule has 0 radical (unpaired) electrons. The first kappa shape index (κ1) is 9.34. The zero-order valence-electron chi connectivity index (χ0n) is 9.02. The average Bonchev–Trinajstić information content (AvgIpc) is 2.30. The molecule has 2 bridgehead atoms. The number of pyridine rings is 1. The van der Waals surface area contributed by atoms with E-state index in [-0.39, 0.29) is 0 Å². The Kier molecular flexibility index (Phi) is 2.45. The van der Waals surface area contributed by atoms with Crippen LogP contribution in [0.1, 0.15) is 37.2 Å². The van der Waals surface area contributed by atoms with Crippen LogP contribution in [0.4, 0.5) is 0 Å². The molecule has 1 aromatic rings. The number of nitrogens with one attached hydrogen (secondary N) is 1. The molecule has 2 heterocycles. The Morgan fingerprint density at radius 3 is 3.07 bits per heavy atom. The van der Waals surface area contributed by atoms with Gasteiger partial charge in [0.1, 0.15) is 0 Å². The van der Waals surface area contributed by atoms with Crippen molar-refractivity contribution in [3.05, 3.63) is 30.1 Å². The van der Waals surface area contributed by atoms with Gasteiger partial charge in [0.2, 0.25) is 0 Å². The average molecular weight is 202 g/mol. The van der Waals surface area contributed by atoms with Crippen molar-refractivity contribution in [1.29, 1.82) is 0 Å². The number of aromatic nitrogens is 1. The van der Waals surface area contributed by atoms with Gasteiger partial charge in [-0.2, -0.15) is 0 Å². The highest BCUT2D eigenvalue weighted by Crippen LogP contribution is 2.39. The lowest BCUT2D eigenvalue weighted by Gasteiger charge is -2.39. The van der Waals surface area contributed by atoms with Crippen LogP contribution in [0.2, 0.25) is 0 Å². The van der Waals surface area contributed by atoms with Gasteiger partial charge < -0.3 is 5.32 Å². The van der Waals surface area contributed by atoms with Crippen molar-refractivity contribution in [2.75, 3.05) is 6.54 Å². The van der Waals surface area contributed by atoms with Crippen LogP contribution < -0.4 is 5.32 Å². The maximum absolute atomic E-state index is 4.23. The lowest BCUT2D eigenvalue weighted by molar-refractivity contribution is 0.203. The molecule has 3 atom stereocenters. The molecule has 1 aromatic heterocycles. The van der Waals surface area contributed by atoms with E-state index in [1.54, 1.807) is 0 Å². The van der Waals surface area contributed by atoms with Crippen LogP contribution in [0.5, 0.6) is 0 Å². The second-order valence-corrected chi connectivity index (χ2v) is 5.00. The predicted octanol–water partition coefficient (Wildman–Crippen LogP) is 2.33. The minimum absolute atomic E-state index is 0.746. The fraction of sp³-hybridized carbons (Fsp3) is 0.615. The minimum atomic E-state index is 0.746. The molecule has 2 nitrogen and oxygen atoms in total. The van der Waals surface area contributed by atoms with Crippen molar-refractivity contribution >= 4 is 0 Å². The third-order valence-corrected chi connectivity index (χ3v) is 3.95. The molecule has 2 heteroatoms. The summed E-state index contributed by atoms with van der Waals surface area (Å²) in [4.78, 5) is 4.23. The number of nitrogens with zero attached hydrogens (tertiary/aromatic N) is 1. The fourth-order valence-electron chi connectivity index (χ4n) is 3.22. The van der Waals surface area contributed by atoms with Crippen LogP contribution in [-0.4, -0.2) is 17.6 Å². The Morgan fingerprint density at radius 1 is 1.27 bits per heavy atom. The second kappa shape index (κ2) is 3.93. The van der Waals surface area contributed by atoms with Gasteiger partial charge in [0.25, 0.3) is 0 Å². The summed E-state index contributed by atoms with van der Waals surface area (Å²) in [6, 6.07) is 5.06. The van der Waals surface area contributed by atoms with Crippen molar-refractivity contribution in [2.24, 2.45) is 5.92 Å². The molecule has 0 amide bonds. The number of hydrogen-bond acceptors (Lipinski definition) is 2. The zero-order valence-corrected chi connectivity index (χ0v) is 9.02. The van der Waals surface area contributed by atoms with Gasteiger partial charge in [-0.1, -0.05) is 6.07 Å². The molecule has 3 rings (SSSR count). The molecule has 1 aliphatic heterocycles. The van der Waals surface area contributed by atoms with Crippen LogP contribution in [0, 0.1) is 5.92 Å². The van der Waals surface area contributed by atoms with E-state index >= 15 is 0 Å². The lowest BCUT2D eigenvalue weighted by Crippen LogP contribution is -2.42. The molecule has 80 valence electrons. The summed E-state index contributed by atoms with van der Waals surface area (Å²) in [7, 11) is 0. The van der Waals surface area contributed by atoms with E-state index < -0.39 is 0 Å². The Morgan fingerprint density at radius 2 is 2.27 bits per heavy atom. The van der Waals surface area contributed by atoms with Crippen LogP contribution in [0.3, 0.4) is 0 Å². The van der Waals surface area contributed by atoms with Gasteiger partial charge in [-0.3, -0.25) is 4.98 Å². The normalized spacial score (nSPS) is 35.1. The molecule has 2 aliphatic rings. The van der Waals surface area contributed by atoms with Gasteiger partial charge in [0, 0.05) is 18.4 Å². The quantitative estimate of drug-likeness (QED) is 0.756. The third kappa shape index (κ3) is 1.91. The summed E-state index contributed by atoms with van der Waals surface area (Å²) in [5.41, 5.74) is 1.44. The molecule has 15 heavy (non-hydrogen) atoms. The van der Waals surface area contributed by atoms with Gasteiger partial charge in [-0.15, -0.1) is 0 Å². The Bertz CT molecular complexity index is 311. The first-order valence-corrected chi connectivity index (χ1v) is 6.05. The van der Waals surface area contributed by atoms with E-state index in [2.05, 4.69) is 22.4 Å². The maximum atomic E-state index is 4.23. The van der Waals surface area contributed by atoms with Gasteiger partial charge in [-0.05, 0) is 55.7 Å². The predicted molar refractivity (Wildman–Crippen MR) is 60.7 cm³/mol. The van der Waals surface area contributed by atoms with E-state index in [1.165, 1.54) is 37.8 Å². The standard InChI is InChI=1S/C13H18N2/c1-2-11(9-14-4-1)12-6-10-3-5-15-13(7-10)8-12/h1-2,4,9-10,12-13,15H,3,5-8H2. The summed E-state index contributed by atoms with van der Waals surface area (Å²) < 4.78 is 0. The van der Waals surface area contributed by atoms with E-state index in [1.807, 2.05) is 12.4 Å². The first-order valence-electron chi connectivity index (χ1n) is 6.05. The van der Waals surface area contributed by atoms with E-state index in [9.17, 15) is 0 Å². The van der Waals surface area contributed by atoms with Gasteiger partial charge in [-0.25, -0.2) is 0 Å². The highest BCUT2D eigenvalue weighted by molar-refractivity contribution is 5.16. The summed E-state index contributed by atoms with van der Waals surface area (Å²) in [5, 5.41) is 3.63. The van der Waals surface area contributed by atoms with Gasteiger partial charge in [0.15, 0.2) is 0 Å². The summed E-state index contributed by atoms with van der Waals surface area (Å²) >= 11 is 0. The summed E-state index contributed by atoms with van der Waals surface area (Å²) in [5.74, 6) is 1.70. The van der Waals surface area contributed by atoms with Crippen LogP contribution >= 0.6 is 0 Å². The Hall–Kier alpha value is -0.890. The molecule has 1 saturated carbocycles. The van der Waals surface area contributed by atoms with Crippen molar-refractivity contribution in [3.8, 4) is 0 Å². The molecular weight excluding hydrogens is 184 g/mol. The second-order valence-electron chi connectivity index (χ2n) is 5.00. The number of piperidine rings is 1. The van der Waals surface area contributed by atoms with Crippen molar-refractivity contribution in [1.82, 2.24) is 10.3 Å². The molecule has 0 aromatic carbocycles. The van der Waals surface area contributed by atoms with Crippen LogP contribution in [-0.2, 0) is 0 Å². The summed E-state index contributed by atoms with van der Waals surface area (Å²) in [6.45, 7) is 1.23. The number of fused-ring (bicyclic) bond motifs is 2. The van der Waals surface area contributed by atoms with Gasteiger partial charge >= 0.3 is 0 Å². The van der Waals surface area contributed by atoms with Crippen molar-refractivity contribution in [3.63, 3.8) is 0 Å². The Balaban J connectivity index is 1.78. The molecular formula is C13H18N2. The van der Waals surface area contributed by atoms with E-state index in [4.69, 9.17) is 0 Å². The van der Waals surface area contributed by atoms with Gasteiger partial charge in [0.05, 0.1) is 0 Å². The zero-order chi connectivity index (χ0) is 10.1. The molecule has 3 unspecified atom stereocenters. The Labute approximate surface area is 91.1 Å². The summed E-state index contributed by atoms with van der Waals surface area (Å²) in [6.07, 6.45) is 9.37. The molecule has 1 N–H and O–H groups in total. The van der Waals surface area contributed by atoms with E-state index in [0.29, 0.717) is 0 Å². The largest absolute Gasteiger partial charge is 0.314 e. The third-order valence-electron chi connectivity index (χ3n) is 3.95. The smallest absolute Gasteiger partial charge is 0.0302 e. The molecule has 0 spiro atoms. The SMILES string of the molecule is c1cncc(C2CC3CCNC(C3)C2)c1. The molecule has 2 fully saturated rings. The van der Waals surface area contributed by atoms with E-state index in [0.717, 1.165) is 17.9 Å². The minimum Gasteiger partial charge on any atom is -0.314 e. The number of hydrogen-bond donors (Lipinski definition) is 1. The lowest BCUT2D eigenvalue weighted by atomic mass is 9.73. The molecule has 1 saturated heterocycles. The van der Waals surface area contributed by atoms with Crippen LogP contribution in [0.25, 0.3) is 0 Å². The first-order chi connectivity index (χ1) is 7.42. The van der Waals surface area contributed by atoms with Crippen molar-refractivity contribution < 1.29 is 0 Å². The maximum Gasteiger partial charge on any atom is 0.0302 e. The topological polar surface area (TPSA) is 24.9 Å². The fourth-order valence-corrected chi connectivity index (χ4v) is 3.22. The van der Waals surface area contributed by atoms with Crippen molar-refractivity contribution in [2.45, 2.75) is 37.6 Å². The highest BCUT2D eigenvalue weighted by Gasteiger charge is 2.32. The number of rotatable bonds is 1. The molecule has 1 aliphatic carbocycles. The van der Waals surface area contributed by atoms with Crippen LogP contribution in [0.15, 0.2) is 24.5 Å². The highest BCUT2D eigenvalue weighted by atomic mass is 14.9. The monoisotopic (exact) mass is 202 g/mol.